The predicted molar refractivity (Wildman–Crippen MR) is 127 cm³/mol. The molecule has 1 aliphatic heterocycles. The van der Waals surface area contributed by atoms with E-state index in [-0.39, 0.29) is 0 Å². The van der Waals surface area contributed by atoms with E-state index < -0.39 is 0 Å². The second kappa shape index (κ2) is 10.5. The van der Waals surface area contributed by atoms with Gasteiger partial charge in [-0.3, -0.25) is 0 Å². The number of piperazine rings is 1. The highest BCUT2D eigenvalue weighted by atomic mass is 32.2. The minimum absolute atomic E-state index is 0.449. The Balaban J connectivity index is 1.81. The zero-order chi connectivity index (χ0) is 21.5. The van der Waals surface area contributed by atoms with Crippen molar-refractivity contribution in [3.05, 3.63) is 59.7 Å². The van der Waals surface area contributed by atoms with Crippen molar-refractivity contribution < 1.29 is 4.74 Å². The normalized spacial score (nSPS) is 14.9. The first-order valence-corrected chi connectivity index (χ1v) is 11.0. The lowest BCUT2D eigenvalue weighted by Crippen LogP contribution is -2.45. The highest BCUT2D eigenvalue weighted by molar-refractivity contribution is 8.03. The van der Waals surface area contributed by atoms with Gasteiger partial charge in [-0.05, 0) is 31.7 Å². The SMILES string of the molecule is C=C(C=CC)Sc1cnc(N2CCN(C)CC2)nc1OCc1cccc(N(C)C)c1. The maximum atomic E-state index is 6.20. The largest absolute Gasteiger partial charge is 0.472 e. The third-order valence-corrected chi connectivity index (χ3v) is 5.79. The summed E-state index contributed by atoms with van der Waals surface area (Å²) in [6.45, 7) is 10.4. The van der Waals surface area contributed by atoms with Gasteiger partial charge < -0.3 is 19.4 Å². The van der Waals surface area contributed by atoms with E-state index in [0.717, 1.165) is 53.2 Å². The molecular weight excluding hydrogens is 394 g/mol. The molecule has 6 nitrogen and oxygen atoms in total. The molecule has 160 valence electrons. The van der Waals surface area contributed by atoms with Crippen molar-refractivity contribution in [2.24, 2.45) is 0 Å². The van der Waals surface area contributed by atoms with Crippen LogP contribution in [-0.4, -0.2) is 62.2 Å². The van der Waals surface area contributed by atoms with Crippen LogP contribution in [-0.2, 0) is 6.61 Å². The van der Waals surface area contributed by atoms with Gasteiger partial charge in [0, 0.05) is 50.9 Å². The van der Waals surface area contributed by atoms with E-state index in [4.69, 9.17) is 9.72 Å². The molecule has 2 aromatic rings. The number of thioether (sulfide) groups is 1. The second-order valence-electron chi connectivity index (χ2n) is 7.55. The monoisotopic (exact) mass is 425 g/mol. The minimum Gasteiger partial charge on any atom is -0.472 e. The third kappa shape index (κ3) is 6.00. The molecule has 0 saturated carbocycles. The summed E-state index contributed by atoms with van der Waals surface area (Å²) in [6, 6.07) is 8.34. The van der Waals surface area contributed by atoms with Crippen molar-refractivity contribution in [1.82, 2.24) is 14.9 Å². The highest BCUT2D eigenvalue weighted by Gasteiger charge is 2.19. The molecule has 0 spiro atoms. The Kier molecular flexibility index (Phi) is 7.76. The first-order chi connectivity index (χ1) is 14.5. The predicted octanol–water partition coefficient (Wildman–Crippen LogP) is 4.06. The van der Waals surface area contributed by atoms with Crippen LogP contribution in [0.5, 0.6) is 5.88 Å². The van der Waals surface area contributed by atoms with Gasteiger partial charge in [0.2, 0.25) is 11.8 Å². The quantitative estimate of drug-likeness (QED) is 0.467. The summed E-state index contributed by atoms with van der Waals surface area (Å²) in [6.07, 6.45) is 5.80. The van der Waals surface area contributed by atoms with Crippen molar-refractivity contribution in [3.63, 3.8) is 0 Å². The molecule has 0 unspecified atom stereocenters. The molecule has 0 N–H and O–H groups in total. The van der Waals surface area contributed by atoms with Gasteiger partial charge in [0.1, 0.15) is 6.61 Å². The van der Waals surface area contributed by atoms with Gasteiger partial charge in [-0.2, -0.15) is 4.98 Å². The third-order valence-electron chi connectivity index (χ3n) is 4.89. The Morgan fingerprint density at radius 2 is 2.03 bits per heavy atom. The Morgan fingerprint density at radius 1 is 1.27 bits per heavy atom. The van der Waals surface area contributed by atoms with Crippen LogP contribution in [0.15, 0.2) is 59.0 Å². The van der Waals surface area contributed by atoms with Crippen LogP contribution in [0.3, 0.4) is 0 Å². The standard InChI is InChI=1S/C23H31N5OS/c1-6-8-18(2)30-21-16-24-23(28-13-11-27(5)12-14-28)25-22(21)29-17-19-9-7-10-20(15-19)26(3)4/h6-10,15-16H,2,11-14,17H2,1,3-5H3. The molecule has 1 aromatic heterocycles. The van der Waals surface area contributed by atoms with Gasteiger partial charge in [-0.1, -0.05) is 42.6 Å². The van der Waals surface area contributed by atoms with Gasteiger partial charge in [0.25, 0.3) is 0 Å². The number of hydrogen-bond acceptors (Lipinski definition) is 7. The lowest BCUT2D eigenvalue weighted by atomic mass is 10.2. The van der Waals surface area contributed by atoms with Crippen molar-refractivity contribution in [1.29, 1.82) is 0 Å². The van der Waals surface area contributed by atoms with Crippen LogP contribution < -0.4 is 14.5 Å². The number of aromatic nitrogens is 2. The lowest BCUT2D eigenvalue weighted by Gasteiger charge is -2.32. The summed E-state index contributed by atoms with van der Waals surface area (Å²) >= 11 is 1.53. The molecule has 30 heavy (non-hydrogen) atoms. The molecule has 0 bridgehead atoms. The van der Waals surface area contributed by atoms with E-state index in [1.807, 2.05) is 45.4 Å². The lowest BCUT2D eigenvalue weighted by molar-refractivity contribution is 0.283. The minimum atomic E-state index is 0.449. The van der Waals surface area contributed by atoms with Gasteiger partial charge in [0.05, 0.1) is 11.1 Å². The molecule has 0 atom stereocenters. The molecule has 1 aliphatic rings. The summed E-state index contributed by atoms with van der Waals surface area (Å²) in [5, 5.41) is 0. The summed E-state index contributed by atoms with van der Waals surface area (Å²) < 4.78 is 6.20. The van der Waals surface area contributed by atoms with Crippen LogP contribution in [0.25, 0.3) is 0 Å². The zero-order valence-corrected chi connectivity index (χ0v) is 19.2. The molecule has 3 rings (SSSR count). The Morgan fingerprint density at radius 3 is 2.73 bits per heavy atom. The van der Waals surface area contributed by atoms with Crippen LogP contribution >= 0.6 is 11.8 Å². The van der Waals surface area contributed by atoms with Gasteiger partial charge in [-0.15, -0.1) is 0 Å². The van der Waals surface area contributed by atoms with Crippen LogP contribution in [0.2, 0.25) is 0 Å². The van der Waals surface area contributed by atoms with Gasteiger partial charge >= 0.3 is 0 Å². The summed E-state index contributed by atoms with van der Waals surface area (Å²) in [4.78, 5) is 17.8. The van der Waals surface area contributed by atoms with Crippen LogP contribution in [0.1, 0.15) is 12.5 Å². The highest BCUT2D eigenvalue weighted by Crippen LogP contribution is 2.34. The van der Waals surface area contributed by atoms with E-state index in [0.29, 0.717) is 12.5 Å². The Bertz CT molecular complexity index is 891. The Labute approximate surface area is 184 Å². The molecule has 7 heteroatoms. The molecule has 0 radical (unpaired) electrons. The molecule has 2 heterocycles. The number of benzene rings is 1. The number of hydrogen-bond donors (Lipinski definition) is 0. The fourth-order valence-corrected chi connectivity index (χ4v) is 3.90. The summed E-state index contributed by atoms with van der Waals surface area (Å²) in [5.74, 6) is 1.32. The molecule has 1 saturated heterocycles. The zero-order valence-electron chi connectivity index (χ0n) is 18.3. The number of nitrogens with zero attached hydrogens (tertiary/aromatic N) is 5. The summed E-state index contributed by atoms with van der Waals surface area (Å²) in [7, 11) is 6.21. The molecular formula is C23H31N5OS. The van der Waals surface area contributed by atoms with E-state index >= 15 is 0 Å². The fourth-order valence-electron chi connectivity index (χ4n) is 3.12. The van der Waals surface area contributed by atoms with Crippen molar-refractivity contribution in [2.75, 3.05) is 57.1 Å². The van der Waals surface area contributed by atoms with E-state index in [1.165, 1.54) is 11.8 Å². The van der Waals surface area contributed by atoms with Crippen molar-refractivity contribution in [3.8, 4) is 5.88 Å². The first-order valence-electron chi connectivity index (χ1n) is 10.2. The van der Waals surface area contributed by atoms with E-state index in [2.05, 4.69) is 51.5 Å². The van der Waals surface area contributed by atoms with Crippen molar-refractivity contribution >= 4 is 23.4 Å². The van der Waals surface area contributed by atoms with Gasteiger partial charge in [-0.25, -0.2) is 4.98 Å². The fraction of sp³-hybridized carbons (Fsp3) is 0.391. The molecule has 1 fully saturated rings. The average Bonchev–Trinajstić information content (AvgIpc) is 2.74. The number of rotatable bonds is 8. The smallest absolute Gasteiger partial charge is 0.232 e. The van der Waals surface area contributed by atoms with E-state index in [9.17, 15) is 0 Å². The Hall–Kier alpha value is -2.51. The van der Waals surface area contributed by atoms with Crippen LogP contribution in [0.4, 0.5) is 11.6 Å². The molecule has 1 aromatic carbocycles. The number of likely N-dealkylation sites (N-methyl/N-ethyl adjacent to an activating group) is 1. The van der Waals surface area contributed by atoms with Gasteiger partial charge in [0.15, 0.2) is 0 Å². The van der Waals surface area contributed by atoms with E-state index in [1.54, 1.807) is 0 Å². The number of ether oxygens (including phenoxy) is 1. The topological polar surface area (TPSA) is 44.7 Å². The summed E-state index contributed by atoms with van der Waals surface area (Å²) in [5.41, 5.74) is 2.25. The van der Waals surface area contributed by atoms with Crippen LogP contribution in [0, 0.1) is 0 Å². The molecule has 0 aliphatic carbocycles. The number of allylic oxidation sites excluding steroid dienone is 2. The average molecular weight is 426 g/mol. The number of anilines is 2. The van der Waals surface area contributed by atoms with Crippen molar-refractivity contribution in [2.45, 2.75) is 18.4 Å². The maximum absolute atomic E-state index is 6.20. The first kappa shape index (κ1) is 22.2. The second-order valence-corrected chi connectivity index (χ2v) is 8.72. The molecule has 0 amide bonds. The maximum Gasteiger partial charge on any atom is 0.232 e.